The lowest BCUT2D eigenvalue weighted by Gasteiger charge is -2.24. The molecule has 1 aromatic heterocycles. The van der Waals surface area contributed by atoms with Gasteiger partial charge in [-0.1, -0.05) is 12.2 Å². The van der Waals surface area contributed by atoms with Crippen molar-refractivity contribution in [2.45, 2.75) is 38.7 Å². The van der Waals surface area contributed by atoms with Gasteiger partial charge in [0.25, 0.3) is 0 Å². The van der Waals surface area contributed by atoms with Gasteiger partial charge in [0.1, 0.15) is 17.6 Å². The van der Waals surface area contributed by atoms with E-state index < -0.39 is 5.63 Å². The molecule has 5 heteroatoms. The van der Waals surface area contributed by atoms with Gasteiger partial charge in [-0.25, -0.2) is 4.79 Å². The summed E-state index contributed by atoms with van der Waals surface area (Å²) >= 11 is 0. The number of aryl methyl sites for hydroxylation is 1. The van der Waals surface area contributed by atoms with E-state index in [-0.39, 0.29) is 17.9 Å². The molecule has 2 heterocycles. The molecule has 2 unspecified atom stereocenters. The molecule has 1 fully saturated rings. The highest BCUT2D eigenvalue weighted by molar-refractivity contribution is 5.79. The van der Waals surface area contributed by atoms with Crippen LogP contribution in [0, 0.1) is 12.8 Å². The maximum atomic E-state index is 12.5. The second-order valence-corrected chi connectivity index (χ2v) is 6.02. The predicted octanol–water partition coefficient (Wildman–Crippen LogP) is 2.28. The fraction of sp³-hybridized carbons (Fsp3) is 0.529. The molecule has 1 aromatic rings. The maximum absolute atomic E-state index is 12.5. The molecule has 1 aliphatic carbocycles. The number of carbonyl (C=O) groups is 1. The Hall–Kier alpha value is -2.04. The highest BCUT2D eigenvalue weighted by Gasteiger charge is 2.31. The molecule has 118 valence electrons. The second-order valence-electron chi connectivity index (χ2n) is 6.02. The summed E-state index contributed by atoms with van der Waals surface area (Å²) in [4.78, 5) is 25.7. The highest BCUT2D eigenvalue weighted by Crippen LogP contribution is 2.24. The summed E-state index contributed by atoms with van der Waals surface area (Å²) in [7, 11) is 0. The third kappa shape index (κ3) is 3.40. The third-order valence-corrected chi connectivity index (χ3v) is 4.24. The van der Waals surface area contributed by atoms with Crippen molar-refractivity contribution in [3.63, 3.8) is 0 Å². The number of hydrogen-bond donors (Lipinski definition) is 0. The number of ether oxygens (including phenoxy) is 1. The van der Waals surface area contributed by atoms with E-state index in [0.29, 0.717) is 18.1 Å². The smallest absolute Gasteiger partial charge is 0.339 e. The number of carbonyl (C=O) groups excluding carboxylic acids is 1. The van der Waals surface area contributed by atoms with Gasteiger partial charge in [-0.15, -0.1) is 0 Å². The summed E-state index contributed by atoms with van der Waals surface area (Å²) in [6.07, 6.45) is 7.77. The lowest BCUT2D eigenvalue weighted by atomic mass is 9.93. The summed E-state index contributed by atoms with van der Waals surface area (Å²) in [6, 6.07) is 3.06. The van der Waals surface area contributed by atoms with Crippen LogP contribution in [0.1, 0.15) is 31.4 Å². The molecule has 5 nitrogen and oxygen atoms in total. The Bertz CT molecular complexity index is 634. The molecule has 0 N–H and O–H groups in total. The van der Waals surface area contributed by atoms with Crippen LogP contribution in [0.4, 0.5) is 0 Å². The Morgan fingerprint density at radius 2 is 2.18 bits per heavy atom. The average molecular weight is 303 g/mol. The second kappa shape index (κ2) is 6.38. The van der Waals surface area contributed by atoms with E-state index in [9.17, 15) is 9.59 Å². The maximum Gasteiger partial charge on any atom is 0.339 e. The molecule has 0 bridgehead atoms. The summed E-state index contributed by atoms with van der Waals surface area (Å²) in [5.41, 5.74) is -0.407. The molecule has 2 aliphatic rings. The van der Waals surface area contributed by atoms with Crippen LogP contribution in [-0.4, -0.2) is 30.0 Å². The van der Waals surface area contributed by atoms with E-state index in [1.807, 2.05) is 4.90 Å². The van der Waals surface area contributed by atoms with Gasteiger partial charge in [0.05, 0.1) is 12.6 Å². The topological polar surface area (TPSA) is 59.8 Å². The van der Waals surface area contributed by atoms with Crippen molar-refractivity contribution in [1.82, 2.24) is 4.90 Å². The number of hydrogen-bond acceptors (Lipinski definition) is 4. The van der Waals surface area contributed by atoms with E-state index in [1.54, 1.807) is 13.0 Å². The van der Waals surface area contributed by atoms with Crippen molar-refractivity contribution < 1.29 is 13.9 Å². The zero-order chi connectivity index (χ0) is 15.5. The third-order valence-electron chi connectivity index (χ3n) is 4.24. The largest absolute Gasteiger partial charge is 0.488 e. The predicted molar refractivity (Wildman–Crippen MR) is 81.8 cm³/mol. The molecule has 1 saturated heterocycles. The van der Waals surface area contributed by atoms with E-state index in [1.165, 1.54) is 6.07 Å². The fourth-order valence-corrected chi connectivity index (χ4v) is 3.14. The van der Waals surface area contributed by atoms with Gasteiger partial charge in [0.2, 0.25) is 5.91 Å². The first-order valence-corrected chi connectivity index (χ1v) is 7.84. The normalized spacial score (nSPS) is 24.5. The molecule has 0 aromatic carbocycles. The Kier molecular flexibility index (Phi) is 4.32. The van der Waals surface area contributed by atoms with Crippen molar-refractivity contribution in [2.24, 2.45) is 5.92 Å². The van der Waals surface area contributed by atoms with Crippen molar-refractivity contribution in [2.75, 3.05) is 13.1 Å². The van der Waals surface area contributed by atoms with Crippen LogP contribution < -0.4 is 10.4 Å². The van der Waals surface area contributed by atoms with Crippen LogP contribution in [0.2, 0.25) is 0 Å². The van der Waals surface area contributed by atoms with E-state index in [4.69, 9.17) is 9.15 Å². The van der Waals surface area contributed by atoms with Crippen molar-refractivity contribution in [3.05, 3.63) is 40.5 Å². The van der Waals surface area contributed by atoms with Crippen LogP contribution >= 0.6 is 0 Å². The molecule has 0 spiro atoms. The number of rotatable bonds is 3. The monoisotopic (exact) mass is 303 g/mol. The van der Waals surface area contributed by atoms with Gasteiger partial charge >= 0.3 is 5.63 Å². The molecule has 2 atom stereocenters. The minimum atomic E-state index is -0.407. The SMILES string of the molecule is Cc1cc(OC2CCN(C(=O)C3CC=CCC3)C2)cc(=O)o1. The summed E-state index contributed by atoms with van der Waals surface area (Å²) < 4.78 is 10.8. The first-order chi connectivity index (χ1) is 10.6. The van der Waals surface area contributed by atoms with Gasteiger partial charge in [0.15, 0.2) is 0 Å². The van der Waals surface area contributed by atoms with E-state index in [2.05, 4.69) is 12.2 Å². The summed E-state index contributed by atoms with van der Waals surface area (Å²) in [5, 5.41) is 0. The van der Waals surface area contributed by atoms with Gasteiger partial charge in [-0.05, 0) is 26.2 Å². The Morgan fingerprint density at radius 1 is 1.32 bits per heavy atom. The first-order valence-electron chi connectivity index (χ1n) is 7.84. The summed E-state index contributed by atoms with van der Waals surface area (Å²) in [5.74, 6) is 1.41. The van der Waals surface area contributed by atoms with Crippen molar-refractivity contribution in [3.8, 4) is 5.75 Å². The minimum absolute atomic E-state index is 0.0516. The zero-order valence-corrected chi connectivity index (χ0v) is 12.8. The Morgan fingerprint density at radius 3 is 2.91 bits per heavy atom. The molecule has 22 heavy (non-hydrogen) atoms. The lowest BCUT2D eigenvalue weighted by Crippen LogP contribution is -2.36. The van der Waals surface area contributed by atoms with Crippen LogP contribution in [0.3, 0.4) is 0 Å². The molecular formula is C17H21NO4. The number of allylic oxidation sites excluding steroid dienone is 2. The fourth-order valence-electron chi connectivity index (χ4n) is 3.14. The molecular weight excluding hydrogens is 282 g/mol. The van der Waals surface area contributed by atoms with Crippen LogP contribution in [0.5, 0.6) is 5.75 Å². The summed E-state index contributed by atoms with van der Waals surface area (Å²) in [6.45, 7) is 3.04. The number of amides is 1. The number of likely N-dealkylation sites (tertiary alicyclic amines) is 1. The Labute approximate surface area is 129 Å². The first kappa shape index (κ1) is 14.9. The van der Waals surface area contributed by atoms with Crippen molar-refractivity contribution >= 4 is 5.91 Å². The zero-order valence-electron chi connectivity index (χ0n) is 12.8. The quantitative estimate of drug-likeness (QED) is 0.804. The van der Waals surface area contributed by atoms with Crippen LogP contribution in [0.25, 0.3) is 0 Å². The van der Waals surface area contributed by atoms with Crippen molar-refractivity contribution in [1.29, 1.82) is 0 Å². The molecule has 1 aliphatic heterocycles. The van der Waals surface area contributed by atoms with Crippen LogP contribution in [-0.2, 0) is 4.79 Å². The molecule has 1 amide bonds. The molecule has 3 rings (SSSR count). The standard InChI is InChI=1S/C17H21NO4/c1-12-9-15(10-16(19)21-12)22-14-7-8-18(11-14)17(20)13-5-3-2-4-6-13/h2-3,9-10,13-14H,4-8,11H2,1H3. The van der Waals surface area contributed by atoms with E-state index >= 15 is 0 Å². The minimum Gasteiger partial charge on any atom is -0.488 e. The molecule has 0 saturated carbocycles. The van der Waals surface area contributed by atoms with Gasteiger partial charge in [-0.2, -0.15) is 0 Å². The van der Waals surface area contributed by atoms with Gasteiger partial charge < -0.3 is 14.1 Å². The van der Waals surface area contributed by atoms with Gasteiger partial charge in [0, 0.05) is 24.9 Å². The molecule has 0 radical (unpaired) electrons. The highest BCUT2D eigenvalue weighted by atomic mass is 16.5. The average Bonchev–Trinajstić information content (AvgIpc) is 2.95. The number of nitrogens with zero attached hydrogens (tertiary/aromatic N) is 1. The van der Waals surface area contributed by atoms with E-state index in [0.717, 1.165) is 32.2 Å². The van der Waals surface area contributed by atoms with Gasteiger partial charge in [-0.3, -0.25) is 4.79 Å². The Balaban J connectivity index is 1.58. The van der Waals surface area contributed by atoms with Crippen LogP contribution in [0.15, 0.2) is 33.5 Å². The lowest BCUT2D eigenvalue weighted by molar-refractivity contribution is -0.135.